The molecule has 2 aromatic heterocycles. The highest BCUT2D eigenvalue weighted by atomic mass is 35.5. The van der Waals surface area contributed by atoms with Crippen LogP contribution in [-0.2, 0) is 17.8 Å². The summed E-state index contributed by atoms with van der Waals surface area (Å²) < 4.78 is 53.9. The van der Waals surface area contributed by atoms with Crippen molar-refractivity contribution in [1.82, 2.24) is 9.97 Å². The SMILES string of the molecule is CCc1cc2c(Cl)nc(COCC(F)(F)C(F)F)nc2s1. The van der Waals surface area contributed by atoms with Crippen molar-refractivity contribution in [3.63, 3.8) is 0 Å². The molecule has 0 unspecified atom stereocenters. The standard InChI is InChI=1S/C12H11ClF4N2OS/c1-2-6-3-7-9(13)18-8(19-10(7)21-6)4-20-5-12(16,17)11(14)15/h3,11H,2,4-5H2,1H3. The Balaban J connectivity index is 2.09. The van der Waals surface area contributed by atoms with E-state index in [9.17, 15) is 17.6 Å². The summed E-state index contributed by atoms with van der Waals surface area (Å²) in [6.45, 7) is 0.175. The fourth-order valence-electron chi connectivity index (χ4n) is 1.56. The molecule has 0 fully saturated rings. The van der Waals surface area contributed by atoms with Crippen LogP contribution in [-0.4, -0.2) is 28.9 Å². The molecule has 2 aromatic rings. The van der Waals surface area contributed by atoms with E-state index in [1.807, 2.05) is 13.0 Å². The van der Waals surface area contributed by atoms with Gasteiger partial charge in [-0.1, -0.05) is 18.5 Å². The van der Waals surface area contributed by atoms with Crippen LogP contribution in [0.2, 0.25) is 5.15 Å². The molecule has 0 saturated carbocycles. The van der Waals surface area contributed by atoms with Crippen molar-refractivity contribution in [2.75, 3.05) is 6.61 Å². The van der Waals surface area contributed by atoms with Gasteiger partial charge >= 0.3 is 12.3 Å². The monoisotopic (exact) mass is 342 g/mol. The van der Waals surface area contributed by atoms with Gasteiger partial charge in [0.25, 0.3) is 0 Å². The Morgan fingerprint density at radius 2 is 2.10 bits per heavy atom. The van der Waals surface area contributed by atoms with E-state index in [1.165, 1.54) is 11.3 Å². The van der Waals surface area contributed by atoms with E-state index in [-0.39, 0.29) is 11.0 Å². The summed E-state index contributed by atoms with van der Waals surface area (Å²) in [5, 5.41) is 0.871. The van der Waals surface area contributed by atoms with Crippen LogP contribution in [0.4, 0.5) is 17.6 Å². The fourth-order valence-corrected chi connectivity index (χ4v) is 2.84. The molecule has 0 atom stereocenters. The van der Waals surface area contributed by atoms with Crippen LogP contribution in [0, 0.1) is 0 Å². The molecule has 21 heavy (non-hydrogen) atoms. The minimum atomic E-state index is -4.19. The Hall–Kier alpha value is -0.990. The van der Waals surface area contributed by atoms with Gasteiger partial charge in [0.15, 0.2) is 5.82 Å². The van der Waals surface area contributed by atoms with Crippen molar-refractivity contribution < 1.29 is 22.3 Å². The van der Waals surface area contributed by atoms with Crippen molar-refractivity contribution in [1.29, 1.82) is 0 Å². The predicted octanol–water partition coefficient (Wildman–Crippen LogP) is 4.32. The molecule has 3 nitrogen and oxygen atoms in total. The highest BCUT2D eigenvalue weighted by Gasteiger charge is 2.41. The van der Waals surface area contributed by atoms with Crippen molar-refractivity contribution in [2.45, 2.75) is 32.3 Å². The van der Waals surface area contributed by atoms with Crippen LogP contribution in [0.3, 0.4) is 0 Å². The number of fused-ring (bicyclic) bond motifs is 1. The van der Waals surface area contributed by atoms with Crippen LogP contribution in [0.5, 0.6) is 0 Å². The van der Waals surface area contributed by atoms with E-state index in [2.05, 4.69) is 14.7 Å². The van der Waals surface area contributed by atoms with E-state index in [1.54, 1.807) is 0 Å². The minimum absolute atomic E-state index is 0.0852. The maximum Gasteiger partial charge on any atom is 0.330 e. The number of hydrogen-bond acceptors (Lipinski definition) is 4. The van der Waals surface area contributed by atoms with Crippen LogP contribution in [0.15, 0.2) is 6.07 Å². The topological polar surface area (TPSA) is 35.0 Å². The lowest BCUT2D eigenvalue weighted by Crippen LogP contribution is -2.32. The fraction of sp³-hybridized carbons (Fsp3) is 0.500. The number of hydrogen-bond donors (Lipinski definition) is 0. The molecule has 2 rings (SSSR count). The molecule has 0 N–H and O–H groups in total. The van der Waals surface area contributed by atoms with Crippen LogP contribution in [0.25, 0.3) is 10.2 Å². The molecule has 0 radical (unpaired) electrons. The highest BCUT2D eigenvalue weighted by molar-refractivity contribution is 7.18. The summed E-state index contributed by atoms with van der Waals surface area (Å²) in [5.74, 6) is -4.10. The second-order valence-electron chi connectivity index (χ2n) is 4.27. The zero-order valence-electron chi connectivity index (χ0n) is 10.9. The third-order valence-electron chi connectivity index (χ3n) is 2.64. The number of aryl methyl sites for hydroxylation is 1. The van der Waals surface area contributed by atoms with Crippen molar-refractivity contribution in [3.8, 4) is 0 Å². The third kappa shape index (κ3) is 3.81. The van der Waals surface area contributed by atoms with Crippen molar-refractivity contribution in [2.24, 2.45) is 0 Å². The van der Waals surface area contributed by atoms with Gasteiger partial charge in [0, 0.05) is 10.3 Å². The Bertz CT molecular complexity index is 635. The zero-order chi connectivity index (χ0) is 15.6. The summed E-state index contributed by atoms with van der Waals surface area (Å²) >= 11 is 7.39. The number of nitrogens with zero attached hydrogens (tertiary/aromatic N) is 2. The normalized spacial score (nSPS) is 12.5. The molecule has 2 heterocycles. The molecule has 0 aliphatic carbocycles. The third-order valence-corrected chi connectivity index (χ3v) is 4.10. The molecule has 9 heteroatoms. The second kappa shape index (κ2) is 6.41. The van der Waals surface area contributed by atoms with Gasteiger partial charge in [0.1, 0.15) is 23.2 Å². The predicted molar refractivity (Wildman–Crippen MR) is 72.4 cm³/mol. The zero-order valence-corrected chi connectivity index (χ0v) is 12.4. The molecule has 0 aromatic carbocycles. The number of ether oxygens (including phenoxy) is 1. The summed E-state index contributed by atoms with van der Waals surface area (Å²) in [5.41, 5.74) is 0. The van der Waals surface area contributed by atoms with Gasteiger partial charge in [-0.3, -0.25) is 0 Å². The Labute approximate surface area is 126 Å². The summed E-state index contributed by atoms with van der Waals surface area (Å²) in [7, 11) is 0. The molecule has 0 spiro atoms. The second-order valence-corrected chi connectivity index (χ2v) is 5.74. The maximum atomic E-state index is 12.7. The lowest BCUT2D eigenvalue weighted by molar-refractivity contribution is -0.168. The van der Waals surface area contributed by atoms with E-state index in [0.717, 1.165) is 11.3 Å². The Kier molecular flexibility index (Phi) is 5.00. The first-order chi connectivity index (χ1) is 9.83. The molecule has 0 saturated heterocycles. The van der Waals surface area contributed by atoms with Gasteiger partial charge in [-0.25, -0.2) is 18.7 Å². The Morgan fingerprint density at radius 1 is 1.38 bits per heavy atom. The molecule has 0 amide bonds. The van der Waals surface area contributed by atoms with Crippen molar-refractivity contribution >= 4 is 33.2 Å². The number of alkyl halides is 4. The smallest absolute Gasteiger partial charge is 0.330 e. The maximum absolute atomic E-state index is 12.7. The highest BCUT2D eigenvalue weighted by Crippen LogP contribution is 2.29. The lowest BCUT2D eigenvalue weighted by Gasteiger charge is -2.14. The number of aromatic nitrogens is 2. The number of rotatable bonds is 6. The van der Waals surface area contributed by atoms with Crippen LogP contribution < -0.4 is 0 Å². The average Bonchev–Trinajstić information content (AvgIpc) is 2.82. The first kappa shape index (κ1) is 16.4. The summed E-state index contributed by atoms with van der Waals surface area (Å²) in [4.78, 5) is 9.73. The minimum Gasteiger partial charge on any atom is -0.367 e. The quantitative estimate of drug-likeness (QED) is 0.579. The van der Waals surface area contributed by atoms with Gasteiger partial charge in [-0.2, -0.15) is 8.78 Å². The van der Waals surface area contributed by atoms with Gasteiger partial charge < -0.3 is 4.74 Å². The van der Waals surface area contributed by atoms with E-state index < -0.39 is 25.6 Å². The molecular weight excluding hydrogens is 332 g/mol. The molecular formula is C12H11ClF4N2OS. The van der Waals surface area contributed by atoms with Crippen LogP contribution in [0.1, 0.15) is 17.6 Å². The first-order valence-corrected chi connectivity index (χ1v) is 7.21. The summed E-state index contributed by atoms with van der Waals surface area (Å²) in [6.07, 6.45) is -2.96. The molecule has 0 aliphatic heterocycles. The van der Waals surface area contributed by atoms with Gasteiger partial charge in [-0.05, 0) is 12.5 Å². The van der Waals surface area contributed by atoms with Gasteiger partial charge in [0.05, 0.1) is 0 Å². The number of halogens is 5. The van der Waals surface area contributed by atoms with Gasteiger partial charge in [-0.15, -0.1) is 11.3 Å². The molecule has 116 valence electrons. The molecule has 0 aliphatic rings. The number of thiophene rings is 1. The van der Waals surface area contributed by atoms with Crippen molar-refractivity contribution in [3.05, 3.63) is 21.9 Å². The van der Waals surface area contributed by atoms with E-state index in [4.69, 9.17) is 11.6 Å². The largest absolute Gasteiger partial charge is 0.367 e. The van der Waals surface area contributed by atoms with Gasteiger partial charge in [0.2, 0.25) is 0 Å². The molecule has 0 bridgehead atoms. The lowest BCUT2D eigenvalue weighted by atomic mass is 10.3. The van der Waals surface area contributed by atoms with Crippen LogP contribution >= 0.6 is 22.9 Å². The summed E-state index contributed by atoms with van der Waals surface area (Å²) in [6, 6.07) is 1.86. The average molecular weight is 343 g/mol. The Morgan fingerprint density at radius 3 is 2.71 bits per heavy atom. The van der Waals surface area contributed by atoms with E-state index >= 15 is 0 Å². The van der Waals surface area contributed by atoms with E-state index in [0.29, 0.717) is 10.2 Å². The first-order valence-electron chi connectivity index (χ1n) is 6.02.